The van der Waals surface area contributed by atoms with Crippen molar-refractivity contribution in [3.63, 3.8) is 0 Å². The zero-order chi connectivity index (χ0) is 13.1. The summed E-state index contributed by atoms with van der Waals surface area (Å²) in [6, 6.07) is 1.41. The second-order valence-corrected chi connectivity index (χ2v) is 5.26. The van der Waals surface area contributed by atoms with Gasteiger partial charge in [-0.15, -0.1) is 11.3 Å². The molecule has 0 atom stereocenters. The minimum absolute atomic E-state index is 0.0112. The van der Waals surface area contributed by atoms with E-state index >= 15 is 0 Å². The van der Waals surface area contributed by atoms with Crippen molar-refractivity contribution in [1.82, 2.24) is 14.9 Å². The van der Waals surface area contributed by atoms with Crippen molar-refractivity contribution >= 4 is 17.2 Å². The standard InChI is InChI=1S/C12H13N3O2S/c1-8-14-6-11(18-8)7-15(2)12(17)9-3-10(16)5-13-4-9/h3-6,16H,7H2,1-2H3. The van der Waals surface area contributed by atoms with Crippen molar-refractivity contribution < 1.29 is 9.90 Å². The van der Waals surface area contributed by atoms with Crippen LogP contribution < -0.4 is 0 Å². The van der Waals surface area contributed by atoms with E-state index < -0.39 is 0 Å². The molecule has 1 amide bonds. The van der Waals surface area contributed by atoms with Crippen LogP contribution in [0, 0.1) is 6.92 Å². The number of aryl methyl sites for hydroxylation is 1. The van der Waals surface area contributed by atoms with Crippen molar-refractivity contribution in [2.75, 3.05) is 7.05 Å². The predicted octanol–water partition coefficient (Wildman–Crippen LogP) is 1.82. The van der Waals surface area contributed by atoms with Crippen LogP contribution in [-0.4, -0.2) is 32.9 Å². The molecule has 0 bridgehead atoms. The van der Waals surface area contributed by atoms with Crippen molar-refractivity contribution in [1.29, 1.82) is 0 Å². The highest BCUT2D eigenvalue weighted by atomic mass is 32.1. The molecule has 18 heavy (non-hydrogen) atoms. The highest BCUT2D eigenvalue weighted by Gasteiger charge is 2.13. The summed E-state index contributed by atoms with van der Waals surface area (Å²) in [5.41, 5.74) is 0.374. The summed E-state index contributed by atoms with van der Waals surface area (Å²) < 4.78 is 0. The lowest BCUT2D eigenvalue weighted by Crippen LogP contribution is -2.25. The molecule has 0 unspecified atom stereocenters. The van der Waals surface area contributed by atoms with E-state index in [1.807, 2.05) is 6.92 Å². The number of rotatable bonds is 3. The summed E-state index contributed by atoms with van der Waals surface area (Å²) >= 11 is 1.56. The molecule has 0 radical (unpaired) electrons. The third-order valence-electron chi connectivity index (χ3n) is 2.38. The number of hydrogen-bond donors (Lipinski definition) is 1. The first-order chi connectivity index (χ1) is 8.56. The molecular weight excluding hydrogens is 250 g/mol. The smallest absolute Gasteiger partial charge is 0.255 e. The molecule has 0 aliphatic heterocycles. The number of aromatic nitrogens is 2. The normalized spacial score (nSPS) is 10.3. The van der Waals surface area contributed by atoms with Crippen molar-refractivity contribution in [3.05, 3.63) is 40.1 Å². The second kappa shape index (κ2) is 5.14. The van der Waals surface area contributed by atoms with Gasteiger partial charge in [-0.3, -0.25) is 9.78 Å². The van der Waals surface area contributed by atoms with Crippen molar-refractivity contribution in [3.8, 4) is 5.75 Å². The van der Waals surface area contributed by atoms with Gasteiger partial charge in [0.05, 0.1) is 23.3 Å². The SMILES string of the molecule is Cc1ncc(CN(C)C(=O)c2cncc(O)c2)s1. The van der Waals surface area contributed by atoms with Gasteiger partial charge in [0, 0.05) is 24.3 Å². The number of thiazole rings is 1. The Bertz CT molecular complexity index is 568. The highest BCUT2D eigenvalue weighted by Crippen LogP contribution is 2.16. The monoisotopic (exact) mass is 263 g/mol. The van der Waals surface area contributed by atoms with Gasteiger partial charge in [-0.1, -0.05) is 0 Å². The maximum atomic E-state index is 12.1. The minimum atomic E-state index is -0.176. The number of aromatic hydroxyl groups is 1. The lowest BCUT2D eigenvalue weighted by molar-refractivity contribution is 0.0785. The lowest BCUT2D eigenvalue weighted by atomic mass is 10.2. The van der Waals surface area contributed by atoms with Gasteiger partial charge in [0.15, 0.2) is 0 Å². The van der Waals surface area contributed by atoms with Crippen LogP contribution >= 0.6 is 11.3 Å². The number of carbonyl (C=O) groups excluding carboxylic acids is 1. The maximum absolute atomic E-state index is 12.1. The van der Waals surface area contributed by atoms with E-state index in [-0.39, 0.29) is 11.7 Å². The first-order valence-corrected chi connectivity index (χ1v) is 6.18. The summed E-state index contributed by atoms with van der Waals surface area (Å²) in [4.78, 5) is 22.6. The Balaban J connectivity index is 2.09. The third kappa shape index (κ3) is 2.84. The van der Waals surface area contributed by atoms with Crippen molar-refractivity contribution in [2.45, 2.75) is 13.5 Å². The lowest BCUT2D eigenvalue weighted by Gasteiger charge is -2.15. The van der Waals surface area contributed by atoms with Gasteiger partial charge in [-0.25, -0.2) is 4.98 Å². The molecule has 2 aromatic heterocycles. The highest BCUT2D eigenvalue weighted by molar-refractivity contribution is 7.11. The fraction of sp³-hybridized carbons (Fsp3) is 0.250. The zero-order valence-electron chi connectivity index (χ0n) is 10.1. The molecule has 0 spiro atoms. The molecule has 0 saturated heterocycles. The molecule has 94 valence electrons. The Morgan fingerprint density at radius 2 is 2.22 bits per heavy atom. The Kier molecular flexibility index (Phi) is 3.57. The average Bonchev–Trinajstić information content (AvgIpc) is 2.73. The van der Waals surface area contributed by atoms with E-state index in [9.17, 15) is 9.90 Å². The minimum Gasteiger partial charge on any atom is -0.506 e. The second-order valence-electron chi connectivity index (χ2n) is 3.94. The Morgan fingerprint density at radius 3 is 2.83 bits per heavy atom. The van der Waals surface area contributed by atoms with Crippen LogP contribution in [-0.2, 0) is 6.54 Å². The van der Waals surface area contributed by atoms with Gasteiger partial charge >= 0.3 is 0 Å². The van der Waals surface area contributed by atoms with Gasteiger partial charge in [0.1, 0.15) is 5.75 Å². The zero-order valence-corrected chi connectivity index (χ0v) is 10.9. The number of amides is 1. The molecule has 0 aromatic carbocycles. The fourth-order valence-electron chi connectivity index (χ4n) is 1.55. The Hall–Kier alpha value is -1.95. The van der Waals surface area contributed by atoms with E-state index in [1.54, 1.807) is 29.5 Å². The van der Waals surface area contributed by atoms with Crippen LogP contribution in [0.25, 0.3) is 0 Å². The molecule has 0 saturated carbocycles. The number of carbonyl (C=O) groups is 1. The van der Waals surface area contributed by atoms with Gasteiger partial charge in [0.25, 0.3) is 5.91 Å². The summed E-state index contributed by atoms with van der Waals surface area (Å²) in [6.07, 6.45) is 4.50. The largest absolute Gasteiger partial charge is 0.506 e. The van der Waals surface area contributed by atoms with Crippen LogP contribution in [0.3, 0.4) is 0 Å². The molecule has 6 heteroatoms. The van der Waals surface area contributed by atoms with Crippen LogP contribution in [0.4, 0.5) is 0 Å². The fourth-order valence-corrected chi connectivity index (χ4v) is 2.40. The van der Waals surface area contributed by atoms with Crippen LogP contribution in [0.1, 0.15) is 20.2 Å². The Morgan fingerprint density at radius 1 is 1.44 bits per heavy atom. The molecule has 2 rings (SSSR count). The van der Waals surface area contributed by atoms with E-state index in [0.29, 0.717) is 12.1 Å². The summed E-state index contributed by atoms with van der Waals surface area (Å²) in [5, 5.41) is 10.3. The van der Waals surface area contributed by atoms with E-state index in [0.717, 1.165) is 9.88 Å². The van der Waals surface area contributed by atoms with Crippen LogP contribution in [0.15, 0.2) is 24.7 Å². The van der Waals surface area contributed by atoms with E-state index in [4.69, 9.17) is 0 Å². The molecule has 0 fully saturated rings. The molecule has 2 heterocycles. The molecule has 1 N–H and O–H groups in total. The number of nitrogens with zero attached hydrogens (tertiary/aromatic N) is 3. The predicted molar refractivity (Wildman–Crippen MR) is 68.6 cm³/mol. The average molecular weight is 263 g/mol. The van der Waals surface area contributed by atoms with Gasteiger partial charge in [-0.05, 0) is 13.0 Å². The summed E-state index contributed by atoms with van der Waals surface area (Å²) in [7, 11) is 1.71. The Labute approximate surface area is 109 Å². The quantitative estimate of drug-likeness (QED) is 0.917. The van der Waals surface area contributed by atoms with E-state index in [2.05, 4.69) is 9.97 Å². The van der Waals surface area contributed by atoms with Gasteiger partial charge < -0.3 is 10.0 Å². The topological polar surface area (TPSA) is 66.3 Å². The summed E-state index contributed by atoms with van der Waals surface area (Å²) in [6.45, 7) is 2.43. The molecular formula is C12H13N3O2S. The van der Waals surface area contributed by atoms with E-state index in [1.165, 1.54) is 18.5 Å². The molecule has 5 nitrogen and oxygen atoms in total. The van der Waals surface area contributed by atoms with Gasteiger partial charge in [-0.2, -0.15) is 0 Å². The maximum Gasteiger partial charge on any atom is 0.255 e. The molecule has 2 aromatic rings. The molecule has 0 aliphatic carbocycles. The first kappa shape index (κ1) is 12.5. The van der Waals surface area contributed by atoms with Gasteiger partial charge in [0.2, 0.25) is 0 Å². The van der Waals surface area contributed by atoms with Crippen molar-refractivity contribution in [2.24, 2.45) is 0 Å². The van der Waals surface area contributed by atoms with Crippen LogP contribution in [0.2, 0.25) is 0 Å². The molecule has 0 aliphatic rings. The van der Waals surface area contributed by atoms with Crippen LogP contribution in [0.5, 0.6) is 5.75 Å². The first-order valence-electron chi connectivity index (χ1n) is 5.37. The summed E-state index contributed by atoms with van der Waals surface area (Å²) in [5.74, 6) is -0.188. The third-order valence-corrected chi connectivity index (χ3v) is 3.28. The number of hydrogen-bond acceptors (Lipinski definition) is 5. The number of pyridine rings is 1.